The van der Waals surface area contributed by atoms with Crippen molar-refractivity contribution in [1.82, 2.24) is 0 Å². The van der Waals surface area contributed by atoms with Crippen LogP contribution in [0.4, 0.5) is 0 Å². The molecule has 0 aliphatic heterocycles. The molecule has 2 fully saturated rings. The maximum atomic E-state index is 9.60. The van der Waals surface area contributed by atoms with Crippen LogP contribution in [0.2, 0.25) is 0 Å². The molecule has 0 heterocycles. The second-order valence-corrected chi connectivity index (χ2v) is 5.88. The molecule has 0 bridgehead atoms. The van der Waals surface area contributed by atoms with Gasteiger partial charge in [0, 0.05) is 5.57 Å². The SMILES string of the molecule is C1CCC(C2CCCCC2)CC1.C=C(C)C(=O)O. The van der Waals surface area contributed by atoms with E-state index in [2.05, 4.69) is 6.58 Å². The first-order valence-corrected chi connectivity index (χ1v) is 7.50. The van der Waals surface area contributed by atoms with E-state index in [1.54, 1.807) is 25.7 Å². The van der Waals surface area contributed by atoms with E-state index in [1.807, 2.05) is 0 Å². The molecule has 0 spiro atoms. The Labute approximate surface area is 111 Å². The minimum absolute atomic E-state index is 0.176. The number of aliphatic carboxylic acids is 1. The molecule has 0 aromatic carbocycles. The van der Waals surface area contributed by atoms with Crippen LogP contribution in [-0.4, -0.2) is 11.1 Å². The van der Waals surface area contributed by atoms with Crippen LogP contribution in [0.5, 0.6) is 0 Å². The van der Waals surface area contributed by atoms with Gasteiger partial charge in [0.05, 0.1) is 0 Å². The average Bonchev–Trinajstić information content (AvgIpc) is 2.41. The van der Waals surface area contributed by atoms with Crippen molar-refractivity contribution in [3.63, 3.8) is 0 Å². The first-order valence-electron chi connectivity index (χ1n) is 7.50. The van der Waals surface area contributed by atoms with Crippen molar-refractivity contribution in [2.45, 2.75) is 71.1 Å². The largest absolute Gasteiger partial charge is 0.478 e. The summed E-state index contributed by atoms with van der Waals surface area (Å²) in [6.45, 7) is 4.60. The zero-order chi connectivity index (χ0) is 13.4. The molecule has 2 aliphatic rings. The third-order valence-electron chi connectivity index (χ3n) is 4.33. The topological polar surface area (TPSA) is 37.3 Å². The van der Waals surface area contributed by atoms with Gasteiger partial charge in [-0.25, -0.2) is 4.79 Å². The first kappa shape index (κ1) is 15.3. The molecule has 2 saturated carbocycles. The molecule has 2 aliphatic carbocycles. The third-order valence-corrected chi connectivity index (χ3v) is 4.33. The number of hydrogen-bond donors (Lipinski definition) is 1. The molecule has 2 nitrogen and oxygen atoms in total. The summed E-state index contributed by atoms with van der Waals surface area (Å²) in [5.41, 5.74) is 0.176. The Hall–Kier alpha value is -0.790. The number of carboxylic acids is 1. The lowest BCUT2D eigenvalue weighted by Gasteiger charge is -2.32. The molecular weight excluding hydrogens is 224 g/mol. The van der Waals surface area contributed by atoms with Gasteiger partial charge in [0.2, 0.25) is 0 Å². The predicted molar refractivity (Wildman–Crippen MR) is 75.6 cm³/mol. The highest BCUT2D eigenvalue weighted by Crippen LogP contribution is 2.37. The molecule has 0 aromatic rings. The van der Waals surface area contributed by atoms with E-state index in [-0.39, 0.29) is 5.57 Å². The van der Waals surface area contributed by atoms with Crippen molar-refractivity contribution in [2.75, 3.05) is 0 Å². The van der Waals surface area contributed by atoms with Gasteiger partial charge < -0.3 is 5.11 Å². The van der Waals surface area contributed by atoms with Gasteiger partial charge >= 0.3 is 5.97 Å². The van der Waals surface area contributed by atoms with Gasteiger partial charge in [-0.05, 0) is 18.8 Å². The summed E-state index contributed by atoms with van der Waals surface area (Å²) in [5, 5.41) is 7.89. The Kier molecular flexibility index (Phi) is 7.07. The van der Waals surface area contributed by atoms with Gasteiger partial charge in [-0.2, -0.15) is 0 Å². The van der Waals surface area contributed by atoms with Crippen molar-refractivity contribution in [2.24, 2.45) is 11.8 Å². The van der Waals surface area contributed by atoms with Gasteiger partial charge in [0.15, 0.2) is 0 Å². The van der Waals surface area contributed by atoms with E-state index < -0.39 is 5.97 Å². The zero-order valence-corrected chi connectivity index (χ0v) is 11.8. The average molecular weight is 252 g/mol. The quantitative estimate of drug-likeness (QED) is 0.717. The lowest BCUT2D eigenvalue weighted by Crippen LogP contribution is -2.20. The molecule has 0 radical (unpaired) electrons. The summed E-state index contributed by atoms with van der Waals surface area (Å²) < 4.78 is 0. The standard InChI is InChI=1S/C12H22.C4H6O2/c1-3-7-11(8-4-1)12-9-5-2-6-10-12;1-3(2)4(5)6/h11-12H,1-10H2;1H2,2H3,(H,5,6). The van der Waals surface area contributed by atoms with Crippen LogP contribution >= 0.6 is 0 Å². The number of carbonyl (C=O) groups is 1. The van der Waals surface area contributed by atoms with Crippen molar-refractivity contribution in [1.29, 1.82) is 0 Å². The van der Waals surface area contributed by atoms with Gasteiger partial charge in [0.1, 0.15) is 0 Å². The van der Waals surface area contributed by atoms with Gasteiger partial charge in [-0.1, -0.05) is 70.8 Å². The summed E-state index contributed by atoms with van der Waals surface area (Å²) in [7, 11) is 0. The van der Waals surface area contributed by atoms with Crippen LogP contribution in [0.15, 0.2) is 12.2 Å². The lowest BCUT2D eigenvalue weighted by molar-refractivity contribution is -0.132. The third kappa shape index (κ3) is 5.70. The highest BCUT2D eigenvalue weighted by Gasteiger charge is 2.24. The van der Waals surface area contributed by atoms with Crippen molar-refractivity contribution in [3.05, 3.63) is 12.2 Å². The van der Waals surface area contributed by atoms with Crippen LogP contribution in [0.25, 0.3) is 0 Å². The predicted octanol–water partition coefficient (Wildman–Crippen LogP) is 4.79. The Balaban J connectivity index is 0.000000232. The van der Waals surface area contributed by atoms with Crippen LogP contribution in [-0.2, 0) is 4.79 Å². The highest BCUT2D eigenvalue weighted by atomic mass is 16.4. The molecule has 2 rings (SSSR count). The van der Waals surface area contributed by atoms with E-state index in [0.29, 0.717) is 0 Å². The van der Waals surface area contributed by atoms with Crippen LogP contribution < -0.4 is 0 Å². The highest BCUT2D eigenvalue weighted by molar-refractivity contribution is 5.84. The van der Waals surface area contributed by atoms with Crippen LogP contribution in [0, 0.1) is 11.8 Å². The van der Waals surface area contributed by atoms with E-state index in [9.17, 15) is 4.79 Å². The summed E-state index contributed by atoms with van der Waals surface area (Å²) in [5.74, 6) is 1.34. The first-order chi connectivity index (χ1) is 8.61. The fourth-order valence-corrected chi connectivity index (χ4v) is 3.21. The van der Waals surface area contributed by atoms with E-state index >= 15 is 0 Å². The maximum Gasteiger partial charge on any atom is 0.330 e. The molecule has 0 unspecified atom stereocenters. The van der Waals surface area contributed by atoms with E-state index in [1.165, 1.54) is 45.4 Å². The van der Waals surface area contributed by atoms with Crippen LogP contribution in [0.3, 0.4) is 0 Å². The Bertz CT molecular complexity index is 230. The lowest BCUT2D eigenvalue weighted by atomic mass is 9.73. The van der Waals surface area contributed by atoms with Gasteiger partial charge in [-0.3, -0.25) is 0 Å². The molecule has 0 atom stereocenters. The van der Waals surface area contributed by atoms with Crippen molar-refractivity contribution in [3.8, 4) is 0 Å². The van der Waals surface area contributed by atoms with E-state index in [4.69, 9.17) is 5.11 Å². The Morgan fingerprint density at radius 1 is 0.889 bits per heavy atom. The molecule has 104 valence electrons. The number of hydrogen-bond acceptors (Lipinski definition) is 1. The molecule has 18 heavy (non-hydrogen) atoms. The molecule has 2 heteroatoms. The monoisotopic (exact) mass is 252 g/mol. The molecule has 0 saturated heterocycles. The second kappa shape index (κ2) is 8.34. The van der Waals surface area contributed by atoms with Crippen LogP contribution in [0.1, 0.15) is 71.1 Å². The molecule has 0 amide bonds. The smallest absolute Gasteiger partial charge is 0.330 e. The minimum atomic E-state index is -0.935. The summed E-state index contributed by atoms with van der Waals surface area (Å²) >= 11 is 0. The number of carboxylic acid groups (broad SMARTS) is 1. The number of rotatable bonds is 2. The summed E-state index contributed by atoms with van der Waals surface area (Å²) in [6.07, 6.45) is 15.4. The Morgan fingerprint density at radius 3 is 1.39 bits per heavy atom. The summed E-state index contributed by atoms with van der Waals surface area (Å²) in [4.78, 5) is 9.60. The Morgan fingerprint density at radius 2 is 1.17 bits per heavy atom. The van der Waals surface area contributed by atoms with Gasteiger partial charge in [-0.15, -0.1) is 0 Å². The molecular formula is C16H28O2. The van der Waals surface area contributed by atoms with E-state index in [0.717, 1.165) is 11.8 Å². The normalized spacial score (nSPS) is 21.8. The summed E-state index contributed by atoms with van der Waals surface area (Å²) in [6, 6.07) is 0. The van der Waals surface area contributed by atoms with Gasteiger partial charge in [0.25, 0.3) is 0 Å². The maximum absolute atomic E-state index is 9.60. The zero-order valence-electron chi connectivity index (χ0n) is 11.8. The molecule has 0 aromatic heterocycles. The fraction of sp³-hybridized carbons (Fsp3) is 0.812. The minimum Gasteiger partial charge on any atom is -0.478 e. The fourth-order valence-electron chi connectivity index (χ4n) is 3.21. The van der Waals surface area contributed by atoms with Crippen molar-refractivity contribution < 1.29 is 9.90 Å². The molecule has 1 N–H and O–H groups in total. The second-order valence-electron chi connectivity index (χ2n) is 5.88. The van der Waals surface area contributed by atoms with Crippen molar-refractivity contribution >= 4 is 5.97 Å².